The second kappa shape index (κ2) is 2.94. The first-order valence-corrected chi connectivity index (χ1v) is 4.62. The molecule has 0 saturated heterocycles. The Kier molecular flexibility index (Phi) is 1.93. The van der Waals surface area contributed by atoms with E-state index in [1.165, 1.54) is 12.8 Å². The molecule has 0 atom stereocenters. The summed E-state index contributed by atoms with van der Waals surface area (Å²) >= 11 is 0. The highest BCUT2D eigenvalue weighted by atomic mass is 16.3. The Morgan fingerprint density at radius 3 is 2.33 bits per heavy atom. The van der Waals surface area contributed by atoms with Gasteiger partial charge in [0.05, 0.1) is 12.1 Å². The van der Waals surface area contributed by atoms with Gasteiger partial charge in [-0.2, -0.15) is 0 Å². The highest BCUT2D eigenvalue weighted by Crippen LogP contribution is 2.30. The van der Waals surface area contributed by atoms with Crippen molar-refractivity contribution in [1.29, 1.82) is 0 Å². The summed E-state index contributed by atoms with van der Waals surface area (Å²) in [6.45, 7) is 0.764. The van der Waals surface area contributed by atoms with Crippen LogP contribution in [0.3, 0.4) is 0 Å². The molecular weight excluding hydrogens is 150 g/mol. The van der Waals surface area contributed by atoms with Gasteiger partial charge in [0.15, 0.2) is 0 Å². The summed E-state index contributed by atoms with van der Waals surface area (Å²) in [5.41, 5.74) is -0.418. The van der Waals surface area contributed by atoms with Crippen LogP contribution in [0.15, 0.2) is 24.5 Å². The minimum absolute atomic E-state index is 0.418. The van der Waals surface area contributed by atoms with E-state index in [1.54, 1.807) is 0 Å². The van der Waals surface area contributed by atoms with E-state index in [0.29, 0.717) is 0 Å². The molecule has 1 heterocycles. The van der Waals surface area contributed by atoms with Crippen molar-refractivity contribution >= 4 is 0 Å². The molecule has 0 bridgehead atoms. The zero-order valence-electron chi connectivity index (χ0n) is 7.24. The largest absolute Gasteiger partial charge is 0.388 e. The SMILES string of the molecule is OC1(Cn2cccc2)CCCC1. The van der Waals surface area contributed by atoms with Gasteiger partial charge in [0.25, 0.3) is 0 Å². The monoisotopic (exact) mass is 165 g/mol. The van der Waals surface area contributed by atoms with Crippen molar-refractivity contribution in [1.82, 2.24) is 4.57 Å². The van der Waals surface area contributed by atoms with Crippen molar-refractivity contribution in [3.05, 3.63) is 24.5 Å². The summed E-state index contributed by atoms with van der Waals surface area (Å²) in [5.74, 6) is 0. The molecule has 66 valence electrons. The Bertz CT molecular complexity index is 234. The van der Waals surface area contributed by atoms with E-state index in [4.69, 9.17) is 0 Å². The fourth-order valence-corrected chi connectivity index (χ4v) is 2.01. The molecule has 0 aromatic carbocycles. The summed E-state index contributed by atoms with van der Waals surface area (Å²) in [6.07, 6.45) is 8.30. The topological polar surface area (TPSA) is 25.2 Å². The fourth-order valence-electron chi connectivity index (χ4n) is 2.01. The van der Waals surface area contributed by atoms with Gasteiger partial charge in [-0.1, -0.05) is 12.8 Å². The van der Waals surface area contributed by atoms with Crippen molar-refractivity contribution in [2.24, 2.45) is 0 Å². The van der Waals surface area contributed by atoms with Crippen molar-refractivity contribution in [2.45, 2.75) is 37.8 Å². The maximum absolute atomic E-state index is 10.0. The number of hydrogen-bond donors (Lipinski definition) is 1. The third-order valence-corrected chi connectivity index (χ3v) is 2.68. The number of aliphatic hydroxyl groups is 1. The van der Waals surface area contributed by atoms with Gasteiger partial charge in [0, 0.05) is 12.4 Å². The molecular formula is C10H15NO. The van der Waals surface area contributed by atoms with E-state index in [9.17, 15) is 5.11 Å². The Morgan fingerprint density at radius 1 is 1.17 bits per heavy atom. The highest BCUT2D eigenvalue weighted by Gasteiger charge is 2.30. The lowest BCUT2D eigenvalue weighted by atomic mass is 10.0. The van der Waals surface area contributed by atoms with Gasteiger partial charge in [-0.15, -0.1) is 0 Å². The van der Waals surface area contributed by atoms with Crippen molar-refractivity contribution in [2.75, 3.05) is 0 Å². The molecule has 1 fully saturated rings. The lowest BCUT2D eigenvalue weighted by Crippen LogP contribution is -2.29. The van der Waals surface area contributed by atoms with E-state index in [-0.39, 0.29) is 0 Å². The molecule has 0 radical (unpaired) electrons. The lowest BCUT2D eigenvalue weighted by Gasteiger charge is -2.22. The van der Waals surface area contributed by atoms with Crippen LogP contribution in [0.2, 0.25) is 0 Å². The molecule has 1 aliphatic carbocycles. The van der Waals surface area contributed by atoms with Crippen LogP contribution >= 0.6 is 0 Å². The van der Waals surface area contributed by atoms with Gasteiger partial charge in [-0.3, -0.25) is 0 Å². The van der Waals surface area contributed by atoms with Crippen LogP contribution in [-0.2, 0) is 6.54 Å². The second-order valence-corrected chi connectivity index (χ2v) is 3.79. The summed E-state index contributed by atoms with van der Waals surface area (Å²) in [7, 11) is 0. The summed E-state index contributed by atoms with van der Waals surface area (Å²) in [4.78, 5) is 0. The fraction of sp³-hybridized carbons (Fsp3) is 0.600. The molecule has 2 nitrogen and oxygen atoms in total. The molecule has 1 aromatic rings. The summed E-state index contributed by atoms with van der Waals surface area (Å²) in [5, 5.41) is 10.0. The van der Waals surface area contributed by atoms with Crippen LogP contribution in [-0.4, -0.2) is 15.3 Å². The number of hydrogen-bond acceptors (Lipinski definition) is 1. The van der Waals surface area contributed by atoms with Gasteiger partial charge in [0.1, 0.15) is 0 Å². The molecule has 1 saturated carbocycles. The quantitative estimate of drug-likeness (QED) is 0.710. The Hall–Kier alpha value is -0.760. The predicted molar refractivity (Wildman–Crippen MR) is 47.8 cm³/mol. The minimum atomic E-state index is -0.418. The van der Waals surface area contributed by atoms with Crippen LogP contribution in [0, 0.1) is 0 Å². The Balaban J connectivity index is 2.02. The molecule has 2 rings (SSSR count). The van der Waals surface area contributed by atoms with Crippen molar-refractivity contribution in [3.63, 3.8) is 0 Å². The first-order valence-electron chi connectivity index (χ1n) is 4.62. The first kappa shape index (κ1) is 7.87. The lowest BCUT2D eigenvalue weighted by molar-refractivity contribution is 0.0300. The zero-order chi connectivity index (χ0) is 8.44. The molecule has 0 amide bonds. The molecule has 0 aliphatic heterocycles. The van der Waals surface area contributed by atoms with Gasteiger partial charge in [0.2, 0.25) is 0 Å². The van der Waals surface area contributed by atoms with Crippen LogP contribution in [0.4, 0.5) is 0 Å². The van der Waals surface area contributed by atoms with Gasteiger partial charge in [-0.05, 0) is 25.0 Å². The maximum atomic E-state index is 10.0. The average molecular weight is 165 g/mol. The van der Waals surface area contributed by atoms with E-state index in [1.807, 2.05) is 24.5 Å². The predicted octanol–water partition coefficient (Wildman–Crippen LogP) is 1.79. The molecule has 0 unspecified atom stereocenters. The molecule has 1 aliphatic rings. The normalized spacial score (nSPS) is 21.4. The Morgan fingerprint density at radius 2 is 1.75 bits per heavy atom. The van der Waals surface area contributed by atoms with E-state index in [0.717, 1.165) is 19.4 Å². The van der Waals surface area contributed by atoms with Crippen LogP contribution in [0.25, 0.3) is 0 Å². The number of aromatic nitrogens is 1. The maximum Gasteiger partial charge on any atom is 0.0825 e. The van der Waals surface area contributed by atoms with E-state index in [2.05, 4.69) is 4.57 Å². The minimum Gasteiger partial charge on any atom is -0.388 e. The molecule has 12 heavy (non-hydrogen) atoms. The van der Waals surface area contributed by atoms with Crippen LogP contribution < -0.4 is 0 Å². The van der Waals surface area contributed by atoms with Gasteiger partial charge < -0.3 is 9.67 Å². The van der Waals surface area contributed by atoms with Crippen molar-refractivity contribution < 1.29 is 5.11 Å². The summed E-state index contributed by atoms with van der Waals surface area (Å²) < 4.78 is 2.06. The van der Waals surface area contributed by atoms with Crippen LogP contribution in [0.1, 0.15) is 25.7 Å². The summed E-state index contributed by atoms with van der Waals surface area (Å²) in [6, 6.07) is 4.00. The van der Waals surface area contributed by atoms with Crippen molar-refractivity contribution in [3.8, 4) is 0 Å². The average Bonchev–Trinajstić information content (AvgIpc) is 2.62. The Labute approximate surface area is 72.8 Å². The third-order valence-electron chi connectivity index (χ3n) is 2.68. The van der Waals surface area contributed by atoms with Crippen LogP contribution in [0.5, 0.6) is 0 Å². The molecule has 1 aromatic heterocycles. The molecule has 0 spiro atoms. The van der Waals surface area contributed by atoms with E-state index < -0.39 is 5.60 Å². The van der Waals surface area contributed by atoms with Gasteiger partial charge in [-0.25, -0.2) is 0 Å². The second-order valence-electron chi connectivity index (χ2n) is 3.79. The molecule has 2 heteroatoms. The third kappa shape index (κ3) is 1.53. The standard InChI is InChI=1S/C10H15NO/c12-10(5-1-2-6-10)9-11-7-3-4-8-11/h3-4,7-8,12H,1-2,5-6,9H2. The zero-order valence-corrected chi connectivity index (χ0v) is 7.24. The molecule has 1 N–H and O–H groups in total. The number of nitrogens with zero attached hydrogens (tertiary/aromatic N) is 1. The highest BCUT2D eigenvalue weighted by molar-refractivity contribution is 4.94. The van der Waals surface area contributed by atoms with Gasteiger partial charge >= 0.3 is 0 Å². The first-order chi connectivity index (χ1) is 5.79. The van der Waals surface area contributed by atoms with E-state index >= 15 is 0 Å². The smallest absolute Gasteiger partial charge is 0.0825 e. The number of rotatable bonds is 2.